The first kappa shape index (κ1) is 19.9. The molecule has 1 heterocycles. The number of benzene rings is 2. The topological polar surface area (TPSA) is 86.3 Å². The van der Waals surface area contributed by atoms with Gasteiger partial charge in [-0.1, -0.05) is 36.4 Å². The molecule has 6 nitrogen and oxygen atoms in total. The molecule has 0 bridgehead atoms. The average molecular weight is 399 g/mol. The Morgan fingerprint density at radius 2 is 1.71 bits per heavy atom. The van der Waals surface area contributed by atoms with E-state index in [4.69, 9.17) is 0 Å². The number of aromatic nitrogens is 1. The van der Waals surface area contributed by atoms with E-state index in [9.17, 15) is 8.42 Å². The number of hydrogen-bond acceptors (Lipinski definition) is 3. The van der Waals surface area contributed by atoms with Crippen molar-refractivity contribution in [2.75, 3.05) is 25.9 Å². The number of H-pyrrole nitrogens is 1. The van der Waals surface area contributed by atoms with Crippen LogP contribution in [-0.4, -0.2) is 45.3 Å². The van der Waals surface area contributed by atoms with Crippen molar-refractivity contribution in [1.82, 2.24) is 15.6 Å². The summed E-state index contributed by atoms with van der Waals surface area (Å²) in [7, 11) is -1.53. The fourth-order valence-electron chi connectivity index (χ4n) is 3.09. The highest BCUT2D eigenvalue weighted by Gasteiger charge is 2.13. The van der Waals surface area contributed by atoms with Crippen molar-refractivity contribution in [3.8, 4) is 0 Å². The first-order valence-electron chi connectivity index (χ1n) is 9.37. The number of sulfone groups is 1. The number of para-hydroxylation sites is 1. The SMILES string of the molecule is CN=C(NCCCS(=O)(=O)c1ccccc1)NCCc1c[nH]c2ccccc12. The first-order chi connectivity index (χ1) is 13.6. The molecule has 3 aromatic rings. The lowest BCUT2D eigenvalue weighted by atomic mass is 10.1. The van der Waals surface area contributed by atoms with Crippen LogP contribution in [0.15, 0.2) is 70.7 Å². The Kier molecular flexibility index (Phi) is 6.71. The van der Waals surface area contributed by atoms with Crippen molar-refractivity contribution < 1.29 is 8.42 Å². The van der Waals surface area contributed by atoms with E-state index in [-0.39, 0.29) is 5.75 Å². The standard InChI is InChI=1S/C21H26N4O2S/c1-22-21(23-13-7-15-28(26,27)18-8-3-2-4-9-18)24-14-12-17-16-25-20-11-6-5-10-19(17)20/h2-6,8-11,16,25H,7,12-15H2,1H3,(H2,22,23,24). The van der Waals surface area contributed by atoms with Crippen LogP contribution in [0.5, 0.6) is 0 Å². The minimum atomic E-state index is -3.24. The van der Waals surface area contributed by atoms with Crippen LogP contribution in [-0.2, 0) is 16.3 Å². The van der Waals surface area contributed by atoms with Gasteiger partial charge in [0, 0.05) is 37.2 Å². The minimum absolute atomic E-state index is 0.107. The van der Waals surface area contributed by atoms with Crippen molar-refractivity contribution in [1.29, 1.82) is 0 Å². The number of nitrogens with zero attached hydrogens (tertiary/aromatic N) is 1. The number of aromatic amines is 1. The molecule has 148 valence electrons. The predicted molar refractivity (Wildman–Crippen MR) is 114 cm³/mol. The maximum absolute atomic E-state index is 12.3. The van der Waals surface area contributed by atoms with Crippen LogP contribution in [0.4, 0.5) is 0 Å². The van der Waals surface area contributed by atoms with Gasteiger partial charge >= 0.3 is 0 Å². The molecule has 0 unspecified atom stereocenters. The average Bonchev–Trinajstić information content (AvgIpc) is 3.13. The maximum Gasteiger partial charge on any atom is 0.190 e. The van der Waals surface area contributed by atoms with Crippen LogP contribution in [0.25, 0.3) is 10.9 Å². The molecule has 7 heteroatoms. The van der Waals surface area contributed by atoms with E-state index in [0.29, 0.717) is 23.8 Å². The molecule has 0 saturated heterocycles. The number of rotatable bonds is 8. The number of aliphatic imine (C=N–C) groups is 1. The van der Waals surface area contributed by atoms with Gasteiger partial charge in [-0.05, 0) is 36.6 Å². The highest BCUT2D eigenvalue weighted by molar-refractivity contribution is 7.91. The number of guanidine groups is 1. The van der Waals surface area contributed by atoms with E-state index in [0.717, 1.165) is 18.5 Å². The van der Waals surface area contributed by atoms with Crippen LogP contribution < -0.4 is 10.6 Å². The third-order valence-electron chi connectivity index (χ3n) is 4.57. The number of nitrogens with one attached hydrogen (secondary N) is 3. The zero-order valence-electron chi connectivity index (χ0n) is 16.0. The molecule has 2 aromatic carbocycles. The summed E-state index contributed by atoms with van der Waals surface area (Å²) in [4.78, 5) is 7.85. The highest BCUT2D eigenvalue weighted by atomic mass is 32.2. The molecule has 0 fully saturated rings. The van der Waals surface area contributed by atoms with E-state index in [1.54, 1.807) is 31.3 Å². The molecule has 0 aliphatic heterocycles. The monoisotopic (exact) mass is 398 g/mol. The Labute approximate surface area is 166 Å². The molecule has 0 radical (unpaired) electrons. The fourth-order valence-corrected chi connectivity index (χ4v) is 4.42. The van der Waals surface area contributed by atoms with Crippen molar-refractivity contribution in [3.63, 3.8) is 0 Å². The molecule has 3 N–H and O–H groups in total. The van der Waals surface area contributed by atoms with E-state index in [1.165, 1.54) is 10.9 Å². The summed E-state index contributed by atoms with van der Waals surface area (Å²) in [5, 5.41) is 7.69. The van der Waals surface area contributed by atoms with Gasteiger partial charge in [0.05, 0.1) is 10.6 Å². The zero-order valence-corrected chi connectivity index (χ0v) is 16.8. The van der Waals surface area contributed by atoms with E-state index < -0.39 is 9.84 Å². The van der Waals surface area contributed by atoms with Crippen molar-refractivity contribution >= 4 is 26.7 Å². The fraction of sp³-hybridized carbons (Fsp3) is 0.286. The van der Waals surface area contributed by atoms with Crippen LogP contribution >= 0.6 is 0 Å². The maximum atomic E-state index is 12.3. The summed E-state index contributed by atoms with van der Waals surface area (Å²) >= 11 is 0. The van der Waals surface area contributed by atoms with E-state index >= 15 is 0 Å². The Morgan fingerprint density at radius 1 is 1.00 bits per heavy atom. The molecule has 0 aliphatic rings. The summed E-state index contributed by atoms with van der Waals surface area (Å²) in [6.07, 6.45) is 3.42. The Balaban J connectivity index is 1.41. The number of hydrogen-bond donors (Lipinski definition) is 3. The minimum Gasteiger partial charge on any atom is -0.361 e. The second-order valence-corrected chi connectivity index (χ2v) is 8.63. The van der Waals surface area contributed by atoms with Gasteiger partial charge < -0.3 is 15.6 Å². The summed E-state index contributed by atoms with van der Waals surface area (Å²) in [6, 6.07) is 16.8. The molecule has 28 heavy (non-hydrogen) atoms. The second kappa shape index (κ2) is 9.41. The third-order valence-corrected chi connectivity index (χ3v) is 6.39. The third kappa shape index (κ3) is 5.13. The van der Waals surface area contributed by atoms with Gasteiger partial charge in [-0.3, -0.25) is 4.99 Å². The Hall–Kier alpha value is -2.80. The highest BCUT2D eigenvalue weighted by Crippen LogP contribution is 2.17. The zero-order chi connectivity index (χ0) is 19.8. The molecule has 0 amide bonds. The quantitative estimate of drug-likeness (QED) is 0.309. The second-order valence-electron chi connectivity index (χ2n) is 6.52. The molecular weight excluding hydrogens is 372 g/mol. The molecule has 1 aromatic heterocycles. The van der Waals surface area contributed by atoms with E-state index in [2.05, 4.69) is 32.7 Å². The summed E-state index contributed by atoms with van der Waals surface area (Å²) < 4.78 is 24.6. The van der Waals surface area contributed by atoms with Crippen LogP contribution in [0.3, 0.4) is 0 Å². The molecule has 0 spiro atoms. The normalized spacial score (nSPS) is 12.2. The Bertz CT molecular complexity index is 1030. The number of fused-ring (bicyclic) bond motifs is 1. The van der Waals surface area contributed by atoms with Crippen LogP contribution in [0, 0.1) is 0 Å². The predicted octanol–water partition coefficient (Wildman–Crippen LogP) is 2.74. The van der Waals surface area contributed by atoms with E-state index in [1.807, 2.05) is 24.4 Å². The van der Waals surface area contributed by atoms with Gasteiger partial charge in [-0.2, -0.15) is 0 Å². The van der Waals surface area contributed by atoms with Crippen molar-refractivity contribution in [2.24, 2.45) is 4.99 Å². The lowest BCUT2D eigenvalue weighted by Crippen LogP contribution is -2.39. The summed E-state index contributed by atoms with van der Waals surface area (Å²) in [5.74, 6) is 0.785. The molecular formula is C21H26N4O2S. The van der Waals surface area contributed by atoms with Crippen molar-refractivity contribution in [3.05, 3.63) is 66.4 Å². The van der Waals surface area contributed by atoms with Crippen LogP contribution in [0.1, 0.15) is 12.0 Å². The molecule has 0 saturated carbocycles. The lowest BCUT2D eigenvalue weighted by Gasteiger charge is -2.12. The largest absolute Gasteiger partial charge is 0.361 e. The Morgan fingerprint density at radius 3 is 2.50 bits per heavy atom. The van der Waals surface area contributed by atoms with Crippen LogP contribution in [0.2, 0.25) is 0 Å². The smallest absolute Gasteiger partial charge is 0.190 e. The summed E-state index contributed by atoms with van der Waals surface area (Å²) in [5.41, 5.74) is 2.40. The summed E-state index contributed by atoms with van der Waals surface area (Å²) in [6.45, 7) is 1.28. The van der Waals surface area contributed by atoms with Gasteiger partial charge in [0.2, 0.25) is 0 Å². The lowest BCUT2D eigenvalue weighted by molar-refractivity contribution is 0.592. The van der Waals surface area contributed by atoms with Gasteiger partial charge in [0.1, 0.15) is 0 Å². The van der Waals surface area contributed by atoms with Gasteiger partial charge in [0.25, 0.3) is 0 Å². The molecule has 0 aliphatic carbocycles. The molecule has 0 atom stereocenters. The van der Waals surface area contributed by atoms with Gasteiger partial charge in [-0.25, -0.2) is 8.42 Å². The van der Waals surface area contributed by atoms with Gasteiger partial charge in [0.15, 0.2) is 15.8 Å². The first-order valence-corrected chi connectivity index (χ1v) is 11.0. The van der Waals surface area contributed by atoms with Crippen molar-refractivity contribution in [2.45, 2.75) is 17.7 Å². The van der Waals surface area contributed by atoms with Gasteiger partial charge in [-0.15, -0.1) is 0 Å². The molecule has 3 rings (SSSR count).